The number of amides is 2. The fourth-order valence-corrected chi connectivity index (χ4v) is 10.4. The second kappa shape index (κ2) is 29.5. The Morgan fingerprint density at radius 1 is 0.574 bits per heavy atom. The quantitative estimate of drug-likeness (QED) is 0.0166. The molecule has 0 atom stereocenters. The molecular weight excluding hydrogens is 1080 g/mol. The van der Waals surface area contributed by atoms with Crippen molar-refractivity contribution >= 4 is 110 Å². The number of ether oxygens (including phenoxy) is 2. The summed E-state index contributed by atoms with van der Waals surface area (Å²) >= 11 is 2.83. The summed E-state index contributed by atoms with van der Waals surface area (Å²) in [6, 6.07) is 26.0. The van der Waals surface area contributed by atoms with Crippen LogP contribution in [-0.4, -0.2) is 124 Å². The van der Waals surface area contributed by atoms with Crippen molar-refractivity contribution in [1.82, 2.24) is 10.6 Å². The molecule has 0 saturated heterocycles. The molecule has 0 fully saturated rings. The van der Waals surface area contributed by atoms with Gasteiger partial charge in [-0.3, -0.25) is 9.59 Å². The van der Waals surface area contributed by atoms with Crippen molar-refractivity contribution in [2.24, 2.45) is 20.5 Å². The minimum Gasteiger partial charge on any atom is -1.00 e. The Kier molecular flexibility index (Phi) is 24.3. The Morgan fingerprint density at radius 3 is 1.28 bits per heavy atom. The lowest BCUT2D eigenvalue weighted by Crippen LogP contribution is -3.00. The summed E-state index contributed by atoms with van der Waals surface area (Å²) in [5.74, 6) is 2.26. The van der Waals surface area contributed by atoms with E-state index in [9.17, 15) is 30.0 Å². The largest absolute Gasteiger partial charge is 1.00 e. The normalized spacial score (nSPS) is 11.2. The van der Waals surface area contributed by atoms with Gasteiger partial charge in [-0.1, -0.05) is 21.6 Å². The molecule has 0 unspecified atom stereocenters. The average Bonchev–Trinajstić information content (AvgIpc) is 3.86. The SMILES string of the molecule is COc1ccc2sc(N=Nc3ccc(N(CCO)CCO)cc3)[n+](CC(=O)NCCSSCCNC(=O)C[n+]3c(N=Nc4ccc(N(CCO)CCO)cc4)sc4ccc(OC)cc43)c2c1.[Br-].[Br-]. The number of aliphatic hydroxyl groups excluding tert-OH is 4. The van der Waals surface area contributed by atoms with Gasteiger partial charge in [0.15, 0.2) is 13.1 Å². The summed E-state index contributed by atoms with van der Waals surface area (Å²) in [6.45, 7) is 2.41. The highest BCUT2D eigenvalue weighted by molar-refractivity contribution is 8.76. The molecule has 6 aromatic rings. The molecular formula is C44H54Br2N10O8S4. The molecule has 0 aliphatic heterocycles. The molecule has 68 heavy (non-hydrogen) atoms. The van der Waals surface area contributed by atoms with Crippen LogP contribution in [0.2, 0.25) is 0 Å². The van der Waals surface area contributed by atoms with Crippen molar-refractivity contribution in [3.05, 3.63) is 84.9 Å². The van der Waals surface area contributed by atoms with Crippen LogP contribution in [0.1, 0.15) is 0 Å². The maximum atomic E-state index is 13.2. The van der Waals surface area contributed by atoms with Crippen molar-refractivity contribution < 1.29 is 82.6 Å². The number of nitrogens with zero attached hydrogens (tertiary/aromatic N) is 8. The number of methoxy groups -OCH3 is 2. The molecule has 4 aromatic carbocycles. The molecule has 0 saturated carbocycles. The smallest absolute Gasteiger partial charge is 0.410 e. The molecule has 2 amide bonds. The summed E-state index contributed by atoms with van der Waals surface area (Å²) in [6.07, 6.45) is 0. The van der Waals surface area contributed by atoms with Crippen molar-refractivity contribution in [1.29, 1.82) is 0 Å². The Hall–Kier alpha value is -4.50. The van der Waals surface area contributed by atoms with Crippen molar-refractivity contribution in [2.45, 2.75) is 13.1 Å². The first-order valence-corrected chi connectivity index (χ1v) is 25.1. The van der Waals surface area contributed by atoms with E-state index in [-0.39, 0.29) is 85.3 Å². The van der Waals surface area contributed by atoms with Crippen LogP contribution in [0.5, 0.6) is 11.5 Å². The first kappa shape index (κ1) is 56.1. The van der Waals surface area contributed by atoms with E-state index in [2.05, 4.69) is 31.1 Å². The zero-order valence-corrected chi connectivity index (χ0v) is 43.8. The van der Waals surface area contributed by atoms with Gasteiger partial charge >= 0.3 is 10.3 Å². The first-order valence-electron chi connectivity index (χ1n) is 21.0. The molecule has 366 valence electrons. The Labute approximate surface area is 431 Å². The highest BCUT2D eigenvalue weighted by atomic mass is 79.9. The van der Waals surface area contributed by atoms with E-state index < -0.39 is 0 Å². The van der Waals surface area contributed by atoms with Crippen LogP contribution in [0, 0.1) is 0 Å². The van der Waals surface area contributed by atoms with E-state index in [4.69, 9.17) is 9.47 Å². The van der Waals surface area contributed by atoms with Gasteiger partial charge in [0.25, 0.3) is 11.8 Å². The van der Waals surface area contributed by atoms with E-state index in [1.165, 1.54) is 22.7 Å². The van der Waals surface area contributed by atoms with Gasteiger partial charge in [-0.15, -0.1) is 0 Å². The maximum absolute atomic E-state index is 13.2. The predicted octanol–water partition coefficient (Wildman–Crippen LogP) is -0.557. The van der Waals surface area contributed by atoms with Crippen LogP contribution in [0.3, 0.4) is 0 Å². The molecule has 0 radical (unpaired) electrons. The number of fused-ring (bicyclic) bond motifs is 2. The Morgan fingerprint density at radius 2 is 0.941 bits per heavy atom. The van der Waals surface area contributed by atoms with Crippen molar-refractivity contribution in [3.8, 4) is 11.5 Å². The summed E-state index contributed by atoms with van der Waals surface area (Å²) < 4.78 is 16.4. The second-order valence-electron chi connectivity index (χ2n) is 14.3. The van der Waals surface area contributed by atoms with Gasteiger partial charge in [-0.2, -0.15) is 0 Å². The number of benzene rings is 4. The number of nitrogens with one attached hydrogen (secondary N) is 2. The third-order valence-corrected chi connectivity index (χ3v) is 14.4. The Bertz CT molecular complexity index is 2380. The molecule has 0 aliphatic rings. The third kappa shape index (κ3) is 16.0. The van der Waals surface area contributed by atoms with Crippen LogP contribution in [-0.2, 0) is 22.7 Å². The van der Waals surface area contributed by atoms with Gasteiger partial charge in [0.2, 0.25) is 0 Å². The van der Waals surface area contributed by atoms with Gasteiger partial charge in [-0.05, 0) is 106 Å². The summed E-state index contributed by atoms with van der Waals surface area (Å²) in [7, 11) is 6.39. The number of carbonyl (C=O) groups is 2. The lowest BCUT2D eigenvalue weighted by molar-refractivity contribution is -0.642. The molecule has 0 spiro atoms. The second-order valence-corrected chi connectivity index (χ2v) is 19.0. The zero-order valence-electron chi connectivity index (χ0n) is 37.4. The van der Waals surface area contributed by atoms with Crippen LogP contribution in [0.4, 0.5) is 33.0 Å². The third-order valence-electron chi connectivity index (χ3n) is 9.89. The van der Waals surface area contributed by atoms with Gasteiger partial charge in [-0.25, -0.2) is 9.13 Å². The average molecular weight is 1140 g/mol. The van der Waals surface area contributed by atoms with E-state index in [1.807, 2.05) is 104 Å². The predicted molar refractivity (Wildman–Crippen MR) is 262 cm³/mol. The van der Waals surface area contributed by atoms with Gasteiger partial charge < -0.3 is 84.3 Å². The minimum atomic E-state index is -0.179. The lowest BCUT2D eigenvalue weighted by atomic mass is 10.2. The van der Waals surface area contributed by atoms with Gasteiger partial charge in [0.1, 0.15) is 33.9 Å². The molecule has 24 heteroatoms. The zero-order chi connectivity index (χ0) is 46.7. The van der Waals surface area contributed by atoms with Crippen LogP contribution < -0.4 is 73.0 Å². The van der Waals surface area contributed by atoms with Gasteiger partial charge in [0.05, 0.1) is 60.3 Å². The van der Waals surface area contributed by atoms with E-state index in [1.54, 1.807) is 35.8 Å². The summed E-state index contributed by atoms with van der Waals surface area (Å²) in [5, 5.41) is 62.6. The topological polar surface area (TPSA) is 221 Å². The maximum Gasteiger partial charge on any atom is 0.410 e. The van der Waals surface area contributed by atoms with Gasteiger partial charge in [0, 0.05) is 74.3 Å². The number of aromatic nitrogens is 2. The van der Waals surface area contributed by atoms with E-state index >= 15 is 0 Å². The number of aliphatic hydroxyl groups is 4. The van der Waals surface area contributed by atoms with E-state index in [0.29, 0.717) is 83.9 Å². The standard InChI is InChI=1S/C44H52N10O8S4.2BrH/c1-61-35-11-13-39-37(27-35)53(43(65-39)49-47-31-3-7-33(8-4-31)51(17-21-55)18-22-56)29-41(59)45-15-25-63-64-26-16-46-42(60)30-54-38-28-36(62-2)12-14-40(38)66-44(54)50-48-32-5-9-34(10-6-32)52(19-23-57)20-24-58;;/h3-14,27-28,55-58H,15-26,29-30H2,1-2H3;2*1H. The Balaban J connectivity index is 0.00000504. The molecule has 18 nitrogen and oxygen atoms in total. The molecule has 2 heterocycles. The van der Waals surface area contributed by atoms with Crippen LogP contribution in [0.15, 0.2) is 105 Å². The molecule has 6 N–H and O–H groups in total. The van der Waals surface area contributed by atoms with E-state index in [0.717, 1.165) is 31.8 Å². The fraction of sp³-hybridized carbons (Fsp3) is 0.364. The minimum absolute atomic E-state index is 0. The van der Waals surface area contributed by atoms with Crippen molar-refractivity contribution in [3.63, 3.8) is 0 Å². The lowest BCUT2D eigenvalue weighted by Gasteiger charge is -2.22. The number of anilines is 2. The number of thiazole rings is 2. The monoisotopic (exact) mass is 1140 g/mol. The number of carbonyl (C=O) groups excluding carboxylic acids is 2. The highest BCUT2D eigenvalue weighted by Crippen LogP contribution is 2.32. The van der Waals surface area contributed by atoms with Crippen LogP contribution in [0.25, 0.3) is 20.4 Å². The number of azo groups is 2. The number of rotatable bonds is 27. The summed E-state index contributed by atoms with van der Waals surface area (Å²) in [4.78, 5) is 30.2. The number of hydrogen-bond acceptors (Lipinski definition) is 18. The summed E-state index contributed by atoms with van der Waals surface area (Å²) in [5.41, 5.74) is 4.51. The first-order chi connectivity index (χ1) is 32.3. The number of halogens is 2. The molecule has 0 bridgehead atoms. The highest BCUT2D eigenvalue weighted by Gasteiger charge is 2.24. The fourth-order valence-electron chi connectivity index (χ4n) is 6.68. The molecule has 6 rings (SSSR count). The number of hydrogen-bond donors (Lipinski definition) is 6. The van der Waals surface area contributed by atoms with Crippen LogP contribution >= 0.6 is 44.3 Å². The molecule has 0 aliphatic carbocycles. The molecule has 2 aromatic heterocycles. The van der Waals surface area contributed by atoms with Crippen molar-refractivity contribution in [2.75, 3.05) is 101 Å².